The Morgan fingerprint density at radius 2 is 2.03 bits per heavy atom. The van der Waals surface area contributed by atoms with E-state index in [0.29, 0.717) is 5.92 Å². The number of phosphoric ester groups is 1. The van der Waals surface area contributed by atoms with Crippen molar-refractivity contribution in [1.82, 2.24) is 10.2 Å². The lowest BCUT2D eigenvalue weighted by atomic mass is 9.92. The second kappa shape index (κ2) is 11.5. The first-order valence-electron chi connectivity index (χ1n) is 10.3. The summed E-state index contributed by atoms with van der Waals surface area (Å²) >= 11 is 7.38. The minimum Gasteiger partial charge on any atom is -0.388 e. The fourth-order valence-electron chi connectivity index (χ4n) is 4.37. The summed E-state index contributed by atoms with van der Waals surface area (Å²) in [4.78, 5) is 33.3. The number of thioether (sulfide) groups is 1. The number of phosphoric acid groups is 1. The second-order valence-electron chi connectivity index (χ2n) is 8.30. The molecule has 10 nitrogen and oxygen atoms in total. The molecule has 2 saturated heterocycles. The molecule has 2 unspecified atom stereocenters. The normalized spacial score (nSPS) is 36.9. The number of carbonyl (C=O) groups excluding carboxylic acids is 1. The molecule has 0 aromatic carbocycles. The van der Waals surface area contributed by atoms with Gasteiger partial charge in [-0.1, -0.05) is 13.3 Å². The molecule has 5 N–H and O–H groups in total. The average molecular weight is 505 g/mol. The zero-order valence-electron chi connectivity index (χ0n) is 18.1. The molecular formula is C18H34ClN2O8PS. The number of nitrogens with one attached hydrogen (secondary N) is 1. The van der Waals surface area contributed by atoms with Crippen molar-refractivity contribution in [3.8, 4) is 0 Å². The van der Waals surface area contributed by atoms with E-state index in [1.54, 1.807) is 13.2 Å². The van der Waals surface area contributed by atoms with E-state index in [1.807, 2.05) is 11.9 Å². The van der Waals surface area contributed by atoms with Gasteiger partial charge in [-0.05, 0) is 39.0 Å². The van der Waals surface area contributed by atoms with Crippen molar-refractivity contribution in [2.75, 3.05) is 19.8 Å². The lowest BCUT2D eigenvalue weighted by Crippen LogP contribution is -2.65. The summed E-state index contributed by atoms with van der Waals surface area (Å²) in [5.41, 5.74) is -0.992. The molecule has 2 rings (SSSR count). The first kappa shape index (κ1) is 27.3. The van der Waals surface area contributed by atoms with Crippen LogP contribution in [0, 0.1) is 5.92 Å². The van der Waals surface area contributed by atoms with Crippen molar-refractivity contribution < 1.29 is 38.6 Å². The maximum atomic E-state index is 13.0. The number of likely N-dealkylation sites (N-methyl/N-ethyl adjacent to an activating group) is 1. The monoisotopic (exact) mass is 504 g/mol. The molecule has 1 amide bonds. The lowest BCUT2D eigenvalue weighted by molar-refractivity contribution is -0.201. The van der Waals surface area contributed by atoms with Crippen LogP contribution >= 0.6 is 31.2 Å². The van der Waals surface area contributed by atoms with Gasteiger partial charge in [-0.3, -0.25) is 14.2 Å². The van der Waals surface area contributed by atoms with E-state index in [1.165, 1.54) is 0 Å². The Morgan fingerprint density at radius 3 is 2.55 bits per heavy atom. The standard InChI is InChI=1S/C18H34ClN2O8PS/c1-5-6-10-7-11(21(3)8-10)17(24)20-12(9(2)19)15-13(22)14(23)16(18(28-15)31-4)29-30(25,26)27/h9-16,18,22-23H,5-8H2,1-4H3,(H,20,24)(H2,25,26,27)/t9-,10+,11+,12-,13-,14?,15-,16?,18-/m1/s1. The zero-order valence-corrected chi connectivity index (χ0v) is 20.6. The highest BCUT2D eigenvalue weighted by Gasteiger charge is 2.51. The molecule has 2 heterocycles. The van der Waals surface area contributed by atoms with Gasteiger partial charge in [0.05, 0.1) is 17.5 Å². The molecular weight excluding hydrogens is 471 g/mol. The van der Waals surface area contributed by atoms with Crippen LogP contribution in [0.25, 0.3) is 0 Å². The van der Waals surface area contributed by atoms with E-state index in [-0.39, 0.29) is 11.9 Å². The first-order valence-corrected chi connectivity index (χ1v) is 13.6. The Kier molecular flexibility index (Phi) is 10.1. The number of ether oxygens (including phenoxy) is 1. The molecule has 9 atom stereocenters. The summed E-state index contributed by atoms with van der Waals surface area (Å²) in [7, 11) is -3.04. The van der Waals surface area contributed by atoms with Crippen LogP contribution in [0.4, 0.5) is 0 Å². The van der Waals surface area contributed by atoms with Crippen LogP contribution in [0.2, 0.25) is 0 Å². The summed E-state index contributed by atoms with van der Waals surface area (Å²) in [5.74, 6) is 0.195. The highest BCUT2D eigenvalue weighted by molar-refractivity contribution is 7.99. The number of hydrogen-bond acceptors (Lipinski definition) is 8. The average Bonchev–Trinajstić information content (AvgIpc) is 3.03. The van der Waals surface area contributed by atoms with Crippen LogP contribution < -0.4 is 5.32 Å². The maximum Gasteiger partial charge on any atom is 0.470 e. The van der Waals surface area contributed by atoms with Gasteiger partial charge >= 0.3 is 7.82 Å². The summed E-state index contributed by atoms with van der Waals surface area (Å²) < 4.78 is 21.7. The van der Waals surface area contributed by atoms with Gasteiger partial charge in [0, 0.05) is 6.54 Å². The van der Waals surface area contributed by atoms with E-state index in [4.69, 9.17) is 26.1 Å². The molecule has 182 valence electrons. The Bertz CT molecular complexity index is 654. The van der Waals surface area contributed by atoms with Gasteiger partial charge in [0.2, 0.25) is 5.91 Å². The van der Waals surface area contributed by atoms with E-state index < -0.39 is 49.1 Å². The van der Waals surface area contributed by atoms with Crippen LogP contribution in [0.15, 0.2) is 0 Å². The number of aliphatic hydroxyl groups is 2. The number of amides is 1. The Hall–Kier alpha value is 0.0600. The van der Waals surface area contributed by atoms with Crippen molar-refractivity contribution in [1.29, 1.82) is 0 Å². The molecule has 0 spiro atoms. The second-order valence-corrected chi connectivity index (χ2v) is 11.1. The molecule has 13 heteroatoms. The molecule has 31 heavy (non-hydrogen) atoms. The zero-order chi connectivity index (χ0) is 23.5. The Balaban J connectivity index is 2.15. The summed E-state index contributed by atoms with van der Waals surface area (Å²) in [6.45, 7) is 4.57. The number of aliphatic hydroxyl groups excluding tert-OH is 2. The SMILES string of the molecule is CCC[C@H]1C[C@@H](C(=O)N[C@@H]([C@H]2O[C@H](SC)C(OP(=O)(O)O)C(O)[C@H]2O)[C@@H](C)Cl)N(C)C1. The molecule has 0 aromatic heterocycles. The number of nitrogens with zero attached hydrogens (tertiary/aromatic N) is 1. The molecule has 0 bridgehead atoms. The number of halogens is 1. The van der Waals surface area contributed by atoms with Gasteiger partial charge in [-0.25, -0.2) is 4.57 Å². The fourth-order valence-corrected chi connectivity index (χ4v) is 5.93. The maximum absolute atomic E-state index is 13.0. The fraction of sp³-hybridized carbons (Fsp3) is 0.944. The van der Waals surface area contributed by atoms with Gasteiger partial charge < -0.3 is 30.1 Å². The summed E-state index contributed by atoms with van der Waals surface area (Å²) in [6.07, 6.45) is -1.37. The molecule has 0 aliphatic carbocycles. The third-order valence-corrected chi connectivity index (χ3v) is 7.50. The van der Waals surface area contributed by atoms with Crippen molar-refractivity contribution in [2.24, 2.45) is 5.92 Å². The van der Waals surface area contributed by atoms with E-state index in [9.17, 15) is 19.6 Å². The van der Waals surface area contributed by atoms with Crippen LogP contribution in [0.1, 0.15) is 33.1 Å². The van der Waals surface area contributed by atoms with Crippen molar-refractivity contribution in [2.45, 2.75) is 80.4 Å². The summed E-state index contributed by atoms with van der Waals surface area (Å²) in [6, 6.07) is -1.18. The van der Waals surface area contributed by atoms with Crippen LogP contribution in [-0.2, 0) is 18.6 Å². The molecule has 2 aliphatic rings. The van der Waals surface area contributed by atoms with E-state index >= 15 is 0 Å². The van der Waals surface area contributed by atoms with Gasteiger partial charge in [-0.2, -0.15) is 0 Å². The smallest absolute Gasteiger partial charge is 0.388 e. The quantitative estimate of drug-likeness (QED) is 0.222. The molecule has 2 fully saturated rings. The van der Waals surface area contributed by atoms with Gasteiger partial charge in [-0.15, -0.1) is 23.4 Å². The number of likely N-dealkylation sites (tertiary alicyclic amines) is 1. The molecule has 2 aliphatic heterocycles. The Labute approximate surface area is 192 Å². The predicted octanol–water partition coefficient (Wildman–Crippen LogP) is 0.506. The Morgan fingerprint density at radius 1 is 1.39 bits per heavy atom. The van der Waals surface area contributed by atoms with Gasteiger partial charge in [0.15, 0.2) is 0 Å². The highest BCUT2D eigenvalue weighted by Crippen LogP contribution is 2.43. The lowest BCUT2D eigenvalue weighted by Gasteiger charge is -2.45. The van der Waals surface area contributed by atoms with Gasteiger partial charge in [0.25, 0.3) is 0 Å². The van der Waals surface area contributed by atoms with Crippen LogP contribution in [0.5, 0.6) is 0 Å². The van der Waals surface area contributed by atoms with E-state index in [2.05, 4.69) is 16.8 Å². The van der Waals surface area contributed by atoms with Crippen molar-refractivity contribution >= 4 is 37.1 Å². The van der Waals surface area contributed by atoms with Crippen LogP contribution in [-0.4, -0.2) is 98.0 Å². The number of alkyl halides is 1. The van der Waals surface area contributed by atoms with Crippen LogP contribution in [0.3, 0.4) is 0 Å². The highest BCUT2D eigenvalue weighted by atomic mass is 35.5. The third kappa shape index (κ3) is 7.02. The third-order valence-electron chi connectivity index (χ3n) is 5.87. The molecule has 0 saturated carbocycles. The van der Waals surface area contributed by atoms with Crippen molar-refractivity contribution in [3.63, 3.8) is 0 Å². The molecule has 0 radical (unpaired) electrons. The summed E-state index contributed by atoms with van der Waals surface area (Å²) in [5, 5.41) is 23.4. The number of rotatable bonds is 9. The van der Waals surface area contributed by atoms with Gasteiger partial charge in [0.1, 0.15) is 29.9 Å². The topological polar surface area (TPSA) is 149 Å². The largest absolute Gasteiger partial charge is 0.470 e. The number of carbonyl (C=O) groups is 1. The molecule has 0 aromatic rings. The first-order chi connectivity index (χ1) is 14.4. The predicted molar refractivity (Wildman–Crippen MR) is 118 cm³/mol. The van der Waals surface area contributed by atoms with E-state index in [0.717, 1.165) is 37.6 Å². The number of hydrogen-bond donors (Lipinski definition) is 5. The minimum atomic E-state index is -4.93. The minimum absolute atomic E-state index is 0.238. The van der Waals surface area contributed by atoms with Crippen molar-refractivity contribution in [3.05, 3.63) is 0 Å².